The number of carbonyl (C=O) groups excluding carboxylic acids is 2. The van der Waals surface area contributed by atoms with Gasteiger partial charge in [0.2, 0.25) is 0 Å². The van der Waals surface area contributed by atoms with E-state index in [0.717, 1.165) is 20.0 Å². The second-order valence-electron chi connectivity index (χ2n) is 6.88. The van der Waals surface area contributed by atoms with Gasteiger partial charge in [0, 0.05) is 0 Å². The Balaban J connectivity index is 1.83. The van der Waals surface area contributed by atoms with Crippen LogP contribution in [0.25, 0.3) is 16.9 Å². The summed E-state index contributed by atoms with van der Waals surface area (Å²) in [7, 11) is 3.13. The minimum atomic E-state index is -0.502. The number of fused-ring (bicyclic) bond motifs is 1. The molecule has 3 N–H and O–H groups in total. The Bertz CT molecular complexity index is 1320. The second kappa shape index (κ2) is 9.72. The van der Waals surface area contributed by atoms with E-state index in [2.05, 4.69) is 15.3 Å². The van der Waals surface area contributed by atoms with Crippen molar-refractivity contribution in [3.8, 4) is 17.4 Å². The van der Waals surface area contributed by atoms with Crippen molar-refractivity contribution in [1.29, 1.82) is 0 Å². The fourth-order valence-corrected chi connectivity index (χ4v) is 5.57. The van der Waals surface area contributed by atoms with Crippen LogP contribution in [0.2, 0.25) is 0 Å². The van der Waals surface area contributed by atoms with Crippen molar-refractivity contribution >= 4 is 46.7 Å². The third-order valence-electron chi connectivity index (χ3n) is 4.81. The Morgan fingerprint density at radius 1 is 1.09 bits per heavy atom. The number of benzene rings is 2. The first-order chi connectivity index (χ1) is 16.0. The average molecular weight is 510 g/mol. The van der Waals surface area contributed by atoms with Crippen molar-refractivity contribution in [3.63, 3.8) is 0 Å². The standard InChI is InChI=1S/C23H21N5O4Se/c1-25-20(29)13-32-16-5-4-14-10-21(28(18(14)11-16)23-26-8-3-9-27-23)33-19-12-15(31-2)6-7-17(19)22(24)30/h3-12H,13H2,1-2H3,(H2,24,30)(H,25,29). The van der Waals surface area contributed by atoms with E-state index < -0.39 is 5.91 Å². The summed E-state index contributed by atoms with van der Waals surface area (Å²) in [5.74, 6) is 0.937. The van der Waals surface area contributed by atoms with Gasteiger partial charge in [0.05, 0.1) is 0 Å². The molecule has 0 saturated heterocycles. The van der Waals surface area contributed by atoms with E-state index in [0.29, 0.717) is 23.0 Å². The van der Waals surface area contributed by atoms with Crippen molar-refractivity contribution in [3.05, 3.63) is 66.5 Å². The Morgan fingerprint density at radius 2 is 1.85 bits per heavy atom. The zero-order valence-corrected chi connectivity index (χ0v) is 19.7. The van der Waals surface area contributed by atoms with Gasteiger partial charge >= 0.3 is 196 Å². The zero-order valence-electron chi connectivity index (χ0n) is 17.9. The number of carbonyl (C=O) groups is 2. The van der Waals surface area contributed by atoms with Gasteiger partial charge in [-0.1, -0.05) is 0 Å². The van der Waals surface area contributed by atoms with Crippen LogP contribution in [0, 0.1) is 0 Å². The fraction of sp³-hybridized carbons (Fsp3) is 0.130. The van der Waals surface area contributed by atoms with E-state index >= 15 is 0 Å². The number of amides is 2. The van der Waals surface area contributed by atoms with Crippen molar-refractivity contribution in [2.24, 2.45) is 5.73 Å². The summed E-state index contributed by atoms with van der Waals surface area (Å²) in [5, 5.41) is 3.47. The first-order valence-electron chi connectivity index (χ1n) is 9.92. The van der Waals surface area contributed by atoms with Crippen LogP contribution in [-0.4, -0.2) is 62.1 Å². The molecule has 33 heavy (non-hydrogen) atoms. The molecule has 0 saturated carbocycles. The van der Waals surface area contributed by atoms with Gasteiger partial charge in [0.1, 0.15) is 0 Å². The molecule has 2 amide bonds. The summed E-state index contributed by atoms with van der Waals surface area (Å²) in [6, 6.07) is 14.5. The maximum absolute atomic E-state index is 12.0. The van der Waals surface area contributed by atoms with Crippen molar-refractivity contribution < 1.29 is 19.1 Å². The monoisotopic (exact) mass is 511 g/mol. The Labute approximate surface area is 196 Å². The van der Waals surface area contributed by atoms with Crippen LogP contribution < -0.4 is 29.6 Å². The van der Waals surface area contributed by atoms with Gasteiger partial charge in [-0.05, 0) is 0 Å². The van der Waals surface area contributed by atoms with E-state index in [1.165, 1.54) is 0 Å². The van der Waals surface area contributed by atoms with E-state index in [1.54, 1.807) is 50.8 Å². The molecular formula is C23H21N5O4Se. The predicted molar refractivity (Wildman–Crippen MR) is 125 cm³/mol. The van der Waals surface area contributed by atoms with Gasteiger partial charge in [-0.2, -0.15) is 0 Å². The van der Waals surface area contributed by atoms with Gasteiger partial charge in [0.15, 0.2) is 0 Å². The van der Waals surface area contributed by atoms with Gasteiger partial charge in [0.25, 0.3) is 0 Å². The van der Waals surface area contributed by atoms with E-state index in [1.807, 2.05) is 28.8 Å². The molecule has 2 heterocycles. The molecule has 4 aromatic rings. The number of nitrogens with one attached hydrogen (secondary N) is 1. The number of hydrogen-bond acceptors (Lipinski definition) is 6. The van der Waals surface area contributed by atoms with Crippen molar-refractivity contribution in [2.75, 3.05) is 20.8 Å². The summed E-state index contributed by atoms with van der Waals surface area (Å²) in [6.07, 6.45) is 3.33. The van der Waals surface area contributed by atoms with Gasteiger partial charge in [-0.15, -0.1) is 0 Å². The molecule has 0 bridgehead atoms. The van der Waals surface area contributed by atoms with Crippen LogP contribution in [0.4, 0.5) is 0 Å². The number of likely N-dealkylation sites (N-methyl/N-ethyl adjacent to an activating group) is 1. The SMILES string of the molecule is CNC(=O)COc1ccc2cc([Se]c3cc(OC)ccc3C(N)=O)n(-c3ncccn3)c2c1. The second-order valence-corrected chi connectivity index (χ2v) is 9.11. The van der Waals surface area contributed by atoms with Crippen LogP contribution >= 0.6 is 0 Å². The molecule has 0 atom stereocenters. The van der Waals surface area contributed by atoms with Gasteiger partial charge < -0.3 is 0 Å². The molecule has 0 spiro atoms. The topological polar surface area (TPSA) is 121 Å². The Kier molecular flexibility index (Phi) is 6.58. The number of methoxy groups -OCH3 is 1. The van der Waals surface area contributed by atoms with Crippen LogP contribution in [-0.2, 0) is 4.79 Å². The summed E-state index contributed by atoms with van der Waals surface area (Å²) in [6.45, 7) is -0.0902. The molecule has 0 unspecified atom stereocenters. The summed E-state index contributed by atoms with van der Waals surface area (Å²) >= 11 is -0.333. The number of ether oxygens (including phenoxy) is 2. The predicted octanol–water partition coefficient (Wildman–Crippen LogP) is 0.308. The molecule has 4 rings (SSSR count). The van der Waals surface area contributed by atoms with E-state index in [4.69, 9.17) is 15.2 Å². The van der Waals surface area contributed by atoms with E-state index in [-0.39, 0.29) is 27.5 Å². The Hall–Kier alpha value is -3.88. The maximum atomic E-state index is 12.0. The van der Waals surface area contributed by atoms with Crippen LogP contribution in [0.1, 0.15) is 10.4 Å². The van der Waals surface area contributed by atoms with Gasteiger partial charge in [-0.3, -0.25) is 0 Å². The summed E-state index contributed by atoms with van der Waals surface area (Å²) in [5.41, 5.74) is 6.88. The molecule has 2 aromatic heterocycles. The van der Waals surface area contributed by atoms with E-state index in [9.17, 15) is 9.59 Å². The molecule has 10 heteroatoms. The van der Waals surface area contributed by atoms with Crippen LogP contribution in [0.5, 0.6) is 11.5 Å². The summed E-state index contributed by atoms with van der Waals surface area (Å²) < 4.78 is 14.6. The van der Waals surface area contributed by atoms with Gasteiger partial charge in [-0.25, -0.2) is 0 Å². The number of rotatable bonds is 8. The number of primary amides is 1. The molecule has 0 aliphatic carbocycles. The molecule has 0 radical (unpaired) electrons. The molecule has 0 fully saturated rings. The molecule has 0 aliphatic rings. The number of hydrogen-bond donors (Lipinski definition) is 2. The number of nitrogens with two attached hydrogens (primary N) is 1. The molecular weight excluding hydrogens is 489 g/mol. The molecule has 2 aromatic carbocycles. The molecule has 9 nitrogen and oxygen atoms in total. The Morgan fingerprint density at radius 3 is 2.55 bits per heavy atom. The number of nitrogens with zero attached hydrogens (tertiary/aromatic N) is 3. The van der Waals surface area contributed by atoms with Crippen LogP contribution in [0.3, 0.4) is 0 Å². The fourth-order valence-electron chi connectivity index (χ4n) is 3.18. The zero-order chi connectivity index (χ0) is 23.4. The third kappa shape index (κ3) is 4.82. The normalized spacial score (nSPS) is 10.7. The first-order valence-corrected chi connectivity index (χ1v) is 11.6. The molecule has 168 valence electrons. The molecule has 0 aliphatic heterocycles. The first kappa shape index (κ1) is 22.3. The quantitative estimate of drug-likeness (QED) is 0.329. The van der Waals surface area contributed by atoms with Crippen molar-refractivity contribution in [1.82, 2.24) is 19.9 Å². The average Bonchev–Trinajstić information content (AvgIpc) is 3.19. The summed E-state index contributed by atoms with van der Waals surface area (Å²) in [4.78, 5) is 32.5. The van der Waals surface area contributed by atoms with Crippen LogP contribution in [0.15, 0.2) is 60.9 Å². The minimum absolute atomic E-state index is 0.0902. The number of aromatic nitrogens is 3. The van der Waals surface area contributed by atoms with Crippen molar-refractivity contribution in [2.45, 2.75) is 0 Å². The third-order valence-corrected chi connectivity index (χ3v) is 7.05.